The number of carbonyl (C=O) groups excluding carboxylic acids is 1. The van der Waals surface area contributed by atoms with E-state index in [1.807, 2.05) is 19.1 Å². The van der Waals surface area contributed by atoms with Gasteiger partial charge in [-0.3, -0.25) is 4.79 Å². The largest absolute Gasteiger partial charge is 0.478 e. The van der Waals surface area contributed by atoms with Crippen LogP contribution in [0.2, 0.25) is 0 Å². The zero-order valence-corrected chi connectivity index (χ0v) is 11.7. The number of carboxylic acids is 1. The van der Waals surface area contributed by atoms with Gasteiger partial charge < -0.3 is 5.11 Å². The summed E-state index contributed by atoms with van der Waals surface area (Å²) in [7, 11) is 0. The minimum absolute atomic E-state index is 0.147. The molecule has 0 bridgehead atoms. The van der Waals surface area contributed by atoms with Gasteiger partial charge in [0.05, 0.1) is 0 Å². The van der Waals surface area contributed by atoms with Crippen LogP contribution in [0, 0.1) is 0 Å². The zero-order valence-electron chi connectivity index (χ0n) is 10.1. The highest BCUT2D eigenvalue weighted by Crippen LogP contribution is 2.15. The van der Waals surface area contributed by atoms with Crippen molar-refractivity contribution in [3.8, 4) is 0 Å². The predicted molar refractivity (Wildman–Crippen MR) is 74.3 cm³/mol. The third kappa shape index (κ3) is 4.45. The quantitative estimate of drug-likeness (QED) is 0.495. The first-order chi connectivity index (χ1) is 8.54. The number of aliphatic carboxylic acids is 1. The van der Waals surface area contributed by atoms with E-state index in [4.69, 9.17) is 5.11 Å². The summed E-state index contributed by atoms with van der Waals surface area (Å²) in [6, 6.07) is 7.14. The molecule has 0 saturated heterocycles. The highest BCUT2D eigenvalue weighted by Gasteiger charge is 2.16. The van der Waals surface area contributed by atoms with Gasteiger partial charge in [-0.15, -0.1) is 0 Å². The minimum atomic E-state index is -1.17. The lowest BCUT2D eigenvalue weighted by Crippen LogP contribution is -2.11. The lowest BCUT2D eigenvalue weighted by atomic mass is 10.0. The van der Waals surface area contributed by atoms with Gasteiger partial charge in [-0.2, -0.15) is 0 Å². The van der Waals surface area contributed by atoms with Crippen LogP contribution in [-0.4, -0.2) is 16.9 Å². The Bertz CT molecular complexity index is 460. The summed E-state index contributed by atoms with van der Waals surface area (Å²) >= 11 is 3.30. The highest BCUT2D eigenvalue weighted by molar-refractivity contribution is 9.10. The molecule has 96 valence electrons. The number of rotatable bonds is 6. The summed E-state index contributed by atoms with van der Waals surface area (Å²) < 4.78 is 0.911. The summed E-state index contributed by atoms with van der Waals surface area (Å²) in [6.45, 7) is 1.96. The van der Waals surface area contributed by atoms with Crippen LogP contribution in [-0.2, 0) is 9.59 Å². The second-order valence-electron chi connectivity index (χ2n) is 3.94. The zero-order chi connectivity index (χ0) is 13.5. The van der Waals surface area contributed by atoms with E-state index in [1.165, 1.54) is 6.08 Å². The number of unbranched alkanes of at least 4 members (excludes halogenated alkanes) is 1. The normalized spacial score (nSPS) is 11.3. The van der Waals surface area contributed by atoms with Crippen molar-refractivity contribution in [1.82, 2.24) is 0 Å². The molecule has 0 saturated carbocycles. The van der Waals surface area contributed by atoms with Gasteiger partial charge in [0.15, 0.2) is 5.78 Å². The first kappa shape index (κ1) is 14.6. The average molecular weight is 311 g/mol. The molecule has 0 aliphatic heterocycles. The second-order valence-corrected chi connectivity index (χ2v) is 4.86. The van der Waals surface area contributed by atoms with Crippen LogP contribution in [0.4, 0.5) is 0 Å². The maximum Gasteiger partial charge on any atom is 0.339 e. The molecule has 0 radical (unpaired) electrons. The summed E-state index contributed by atoms with van der Waals surface area (Å²) in [5.74, 6) is -1.48. The van der Waals surface area contributed by atoms with Gasteiger partial charge >= 0.3 is 5.97 Å². The molecule has 3 nitrogen and oxygen atoms in total. The van der Waals surface area contributed by atoms with Gasteiger partial charge in [-0.05, 0) is 30.2 Å². The number of Topliss-reactive ketones (excluding diaryl/α,β-unsaturated/α-hetero) is 1. The molecule has 0 fully saturated rings. The Morgan fingerprint density at radius 1 is 1.28 bits per heavy atom. The molecule has 1 aromatic carbocycles. The van der Waals surface area contributed by atoms with Crippen molar-refractivity contribution < 1.29 is 14.7 Å². The summed E-state index contributed by atoms with van der Waals surface area (Å²) in [5.41, 5.74) is 0.561. The fourth-order valence-corrected chi connectivity index (χ4v) is 1.72. The second kappa shape index (κ2) is 7.11. The molecular weight excluding hydrogens is 296 g/mol. The van der Waals surface area contributed by atoms with E-state index in [9.17, 15) is 9.59 Å². The number of hydrogen-bond acceptors (Lipinski definition) is 2. The van der Waals surface area contributed by atoms with Crippen LogP contribution in [0.3, 0.4) is 0 Å². The molecule has 0 spiro atoms. The van der Waals surface area contributed by atoms with Crippen molar-refractivity contribution in [3.63, 3.8) is 0 Å². The van der Waals surface area contributed by atoms with Crippen molar-refractivity contribution in [2.45, 2.75) is 26.2 Å². The predicted octanol–water partition coefficient (Wildman–Crippen LogP) is 3.68. The van der Waals surface area contributed by atoms with Crippen LogP contribution in [0.25, 0.3) is 6.08 Å². The summed E-state index contributed by atoms with van der Waals surface area (Å²) in [6.07, 6.45) is 3.29. The van der Waals surface area contributed by atoms with Crippen LogP contribution in [0.5, 0.6) is 0 Å². The number of hydrogen-bond donors (Lipinski definition) is 1. The van der Waals surface area contributed by atoms with E-state index in [0.717, 1.165) is 10.9 Å². The van der Waals surface area contributed by atoms with E-state index >= 15 is 0 Å². The molecule has 0 aromatic heterocycles. The molecule has 0 atom stereocenters. The van der Waals surface area contributed by atoms with Crippen molar-refractivity contribution >= 4 is 33.8 Å². The third-order valence-corrected chi connectivity index (χ3v) is 3.00. The Labute approximate surface area is 115 Å². The van der Waals surface area contributed by atoms with Gasteiger partial charge in [0.25, 0.3) is 0 Å². The van der Waals surface area contributed by atoms with Crippen molar-refractivity contribution in [2.24, 2.45) is 0 Å². The third-order valence-electron chi connectivity index (χ3n) is 2.47. The SMILES string of the molecule is CCCCC(=O)C(=Cc1ccc(Br)cc1)C(=O)O. The van der Waals surface area contributed by atoms with Crippen molar-refractivity contribution in [2.75, 3.05) is 0 Å². The van der Waals surface area contributed by atoms with E-state index in [2.05, 4.69) is 15.9 Å². The average Bonchev–Trinajstić information content (AvgIpc) is 2.34. The number of carbonyl (C=O) groups is 2. The first-order valence-electron chi connectivity index (χ1n) is 5.78. The van der Waals surface area contributed by atoms with Gasteiger partial charge in [0.2, 0.25) is 0 Å². The fraction of sp³-hybridized carbons (Fsp3) is 0.286. The molecule has 4 heteroatoms. The molecule has 0 amide bonds. The number of halogens is 1. The van der Waals surface area contributed by atoms with E-state index in [1.54, 1.807) is 12.1 Å². The Morgan fingerprint density at radius 3 is 2.39 bits per heavy atom. The Kier molecular flexibility index (Phi) is 5.78. The lowest BCUT2D eigenvalue weighted by molar-refractivity contribution is -0.134. The van der Waals surface area contributed by atoms with Crippen LogP contribution in [0.1, 0.15) is 31.7 Å². The number of benzene rings is 1. The molecule has 0 aliphatic carbocycles. The van der Waals surface area contributed by atoms with Crippen LogP contribution < -0.4 is 0 Å². The smallest absolute Gasteiger partial charge is 0.339 e. The van der Waals surface area contributed by atoms with Crippen LogP contribution in [0.15, 0.2) is 34.3 Å². The first-order valence-corrected chi connectivity index (χ1v) is 6.57. The molecular formula is C14H15BrO3. The van der Waals surface area contributed by atoms with Gasteiger partial charge in [0.1, 0.15) is 5.57 Å². The van der Waals surface area contributed by atoms with Crippen LogP contribution >= 0.6 is 15.9 Å². The minimum Gasteiger partial charge on any atom is -0.478 e. The fourth-order valence-electron chi connectivity index (χ4n) is 1.46. The molecule has 0 heterocycles. The Balaban J connectivity index is 2.94. The molecule has 1 aromatic rings. The Morgan fingerprint density at radius 2 is 1.89 bits per heavy atom. The lowest BCUT2D eigenvalue weighted by Gasteiger charge is -2.02. The summed E-state index contributed by atoms with van der Waals surface area (Å²) in [4.78, 5) is 22.8. The maximum atomic E-state index is 11.8. The topological polar surface area (TPSA) is 54.4 Å². The Hall–Kier alpha value is -1.42. The summed E-state index contributed by atoms with van der Waals surface area (Å²) in [5, 5.41) is 9.06. The van der Waals surface area contributed by atoms with E-state index < -0.39 is 5.97 Å². The number of ketones is 1. The maximum absolute atomic E-state index is 11.8. The molecule has 1 N–H and O–H groups in total. The van der Waals surface area contributed by atoms with Crippen molar-refractivity contribution in [3.05, 3.63) is 39.9 Å². The highest BCUT2D eigenvalue weighted by atomic mass is 79.9. The molecule has 1 rings (SSSR count). The molecule has 0 aliphatic rings. The van der Waals surface area contributed by atoms with Gasteiger partial charge in [0, 0.05) is 10.9 Å². The monoisotopic (exact) mass is 310 g/mol. The van der Waals surface area contributed by atoms with E-state index in [0.29, 0.717) is 12.0 Å². The van der Waals surface area contributed by atoms with E-state index in [-0.39, 0.29) is 17.8 Å². The standard InChI is InChI=1S/C14H15BrO3/c1-2-3-4-13(16)12(14(17)18)9-10-5-7-11(15)8-6-10/h5-9H,2-4H2,1H3,(H,17,18). The van der Waals surface area contributed by atoms with Crippen molar-refractivity contribution in [1.29, 1.82) is 0 Å². The van der Waals surface area contributed by atoms with Gasteiger partial charge in [-0.1, -0.05) is 41.4 Å². The van der Waals surface area contributed by atoms with Gasteiger partial charge in [-0.25, -0.2) is 4.79 Å². The number of carboxylic acid groups (broad SMARTS) is 1. The molecule has 0 unspecified atom stereocenters. The molecule has 18 heavy (non-hydrogen) atoms.